The Hall–Kier alpha value is -2.58. The number of sulfonamides is 1. The molecular formula is C18H22N2O5S. The van der Waals surface area contributed by atoms with Crippen molar-refractivity contribution in [1.82, 2.24) is 10.0 Å². The quantitative estimate of drug-likeness (QED) is 0.612. The van der Waals surface area contributed by atoms with Crippen LogP contribution in [-0.2, 0) is 14.8 Å². The first-order valence-corrected chi connectivity index (χ1v) is 9.67. The van der Waals surface area contributed by atoms with E-state index in [9.17, 15) is 13.2 Å². The van der Waals surface area contributed by atoms with Crippen molar-refractivity contribution in [3.8, 4) is 11.5 Å². The van der Waals surface area contributed by atoms with Crippen LogP contribution in [0, 0.1) is 0 Å². The van der Waals surface area contributed by atoms with Crippen LogP contribution < -0.4 is 19.5 Å². The van der Waals surface area contributed by atoms with Gasteiger partial charge in [-0.15, -0.1) is 0 Å². The van der Waals surface area contributed by atoms with E-state index in [2.05, 4.69) is 10.0 Å². The van der Waals surface area contributed by atoms with Gasteiger partial charge in [-0.1, -0.05) is 30.3 Å². The lowest BCUT2D eigenvalue weighted by Crippen LogP contribution is -2.36. The van der Waals surface area contributed by atoms with E-state index >= 15 is 0 Å². The van der Waals surface area contributed by atoms with E-state index in [1.54, 1.807) is 36.4 Å². The minimum Gasteiger partial charge on any atom is -0.490 e. The number of carbonyl (C=O) groups excluding carboxylic acids is 1. The molecule has 0 fully saturated rings. The van der Waals surface area contributed by atoms with Gasteiger partial charge in [-0.2, -0.15) is 0 Å². The van der Waals surface area contributed by atoms with Crippen molar-refractivity contribution in [2.75, 3.05) is 26.3 Å². The summed E-state index contributed by atoms with van der Waals surface area (Å²) in [5.74, 6) is 0.697. The third kappa shape index (κ3) is 6.05. The summed E-state index contributed by atoms with van der Waals surface area (Å²) >= 11 is 0. The Kier molecular flexibility index (Phi) is 7.43. The van der Waals surface area contributed by atoms with Gasteiger partial charge in [0.2, 0.25) is 10.0 Å². The molecule has 2 aromatic carbocycles. The average molecular weight is 378 g/mol. The molecule has 140 valence electrons. The van der Waals surface area contributed by atoms with E-state index < -0.39 is 10.0 Å². The van der Waals surface area contributed by atoms with Crippen LogP contribution >= 0.6 is 0 Å². The van der Waals surface area contributed by atoms with Crippen LogP contribution in [0.3, 0.4) is 0 Å². The number of para-hydroxylation sites is 2. The summed E-state index contributed by atoms with van der Waals surface area (Å²) in [6.07, 6.45) is 0. The van der Waals surface area contributed by atoms with Gasteiger partial charge in [-0.05, 0) is 31.2 Å². The first-order chi connectivity index (χ1) is 12.5. The summed E-state index contributed by atoms with van der Waals surface area (Å²) in [6.45, 7) is 2.41. The number of rotatable bonds is 10. The Morgan fingerprint density at radius 1 is 0.923 bits per heavy atom. The number of carbonyl (C=O) groups is 1. The van der Waals surface area contributed by atoms with Crippen LogP contribution in [0.15, 0.2) is 59.5 Å². The maximum absolute atomic E-state index is 12.0. The van der Waals surface area contributed by atoms with Gasteiger partial charge in [0, 0.05) is 13.1 Å². The maximum Gasteiger partial charge on any atom is 0.257 e. The van der Waals surface area contributed by atoms with Crippen molar-refractivity contribution in [3.05, 3.63) is 54.6 Å². The number of hydrogen-bond acceptors (Lipinski definition) is 5. The summed E-state index contributed by atoms with van der Waals surface area (Å²) in [5.41, 5.74) is 0. The van der Waals surface area contributed by atoms with Crippen LogP contribution in [0.4, 0.5) is 0 Å². The molecule has 2 rings (SSSR count). The highest BCUT2D eigenvalue weighted by Crippen LogP contribution is 2.26. The minimum atomic E-state index is -3.57. The van der Waals surface area contributed by atoms with E-state index in [0.29, 0.717) is 18.1 Å². The predicted molar refractivity (Wildman–Crippen MR) is 97.7 cm³/mol. The second-order valence-electron chi connectivity index (χ2n) is 5.23. The third-order valence-electron chi connectivity index (χ3n) is 3.30. The van der Waals surface area contributed by atoms with Gasteiger partial charge < -0.3 is 14.8 Å². The Morgan fingerprint density at radius 2 is 1.54 bits per heavy atom. The largest absolute Gasteiger partial charge is 0.490 e. The van der Waals surface area contributed by atoms with Crippen molar-refractivity contribution < 1.29 is 22.7 Å². The number of nitrogens with one attached hydrogen (secondary N) is 2. The Labute approximate surface area is 153 Å². The van der Waals surface area contributed by atoms with Gasteiger partial charge in [0.25, 0.3) is 5.91 Å². The van der Waals surface area contributed by atoms with Crippen LogP contribution in [0.5, 0.6) is 11.5 Å². The van der Waals surface area contributed by atoms with E-state index in [0.717, 1.165) is 0 Å². The Morgan fingerprint density at radius 3 is 2.19 bits per heavy atom. The zero-order chi connectivity index (χ0) is 18.8. The van der Waals surface area contributed by atoms with Gasteiger partial charge in [0.1, 0.15) is 0 Å². The fourth-order valence-electron chi connectivity index (χ4n) is 2.11. The Bertz CT molecular complexity index is 809. The normalized spacial score (nSPS) is 11.0. The number of hydrogen-bond donors (Lipinski definition) is 2. The van der Waals surface area contributed by atoms with E-state index in [1.807, 2.05) is 13.0 Å². The second kappa shape index (κ2) is 9.79. The van der Waals surface area contributed by atoms with Crippen LogP contribution in [-0.4, -0.2) is 40.6 Å². The van der Waals surface area contributed by atoms with E-state index in [1.165, 1.54) is 12.1 Å². The highest BCUT2D eigenvalue weighted by Gasteiger charge is 2.12. The van der Waals surface area contributed by atoms with Gasteiger partial charge in [0.05, 0.1) is 11.5 Å². The SMILES string of the molecule is CCOc1ccccc1OCC(=O)NCCNS(=O)(=O)c1ccccc1. The predicted octanol–water partition coefficient (Wildman–Crippen LogP) is 1.56. The molecule has 26 heavy (non-hydrogen) atoms. The van der Waals surface area contributed by atoms with Crippen LogP contribution in [0.2, 0.25) is 0 Å². The number of amides is 1. The fourth-order valence-corrected chi connectivity index (χ4v) is 3.16. The summed E-state index contributed by atoms with van der Waals surface area (Å²) in [4.78, 5) is 12.0. The standard InChI is InChI=1S/C18H22N2O5S/c1-2-24-16-10-6-7-11-17(16)25-14-18(21)19-12-13-20-26(22,23)15-8-4-3-5-9-15/h3-11,20H,2,12-14H2,1H3,(H,19,21). The Balaban J connectivity index is 1.73. The first kappa shape index (κ1) is 19.7. The van der Waals surface area contributed by atoms with E-state index in [4.69, 9.17) is 9.47 Å². The van der Waals surface area contributed by atoms with Crippen LogP contribution in [0.25, 0.3) is 0 Å². The molecule has 8 heteroatoms. The lowest BCUT2D eigenvalue weighted by Gasteiger charge is -2.12. The molecule has 0 heterocycles. The van der Waals surface area contributed by atoms with Gasteiger partial charge in [-0.25, -0.2) is 13.1 Å². The first-order valence-electron chi connectivity index (χ1n) is 8.19. The molecule has 0 aliphatic rings. The smallest absolute Gasteiger partial charge is 0.257 e. The molecule has 2 aromatic rings. The lowest BCUT2D eigenvalue weighted by molar-refractivity contribution is -0.123. The molecule has 0 bridgehead atoms. The average Bonchev–Trinajstić information content (AvgIpc) is 2.65. The van der Waals surface area contributed by atoms with Crippen molar-refractivity contribution in [3.63, 3.8) is 0 Å². The maximum atomic E-state index is 12.0. The zero-order valence-electron chi connectivity index (χ0n) is 14.5. The molecule has 0 radical (unpaired) electrons. The molecule has 0 atom stereocenters. The highest BCUT2D eigenvalue weighted by atomic mass is 32.2. The monoisotopic (exact) mass is 378 g/mol. The summed E-state index contributed by atoms with van der Waals surface area (Å²) in [6, 6.07) is 15.1. The molecule has 0 unspecified atom stereocenters. The van der Waals surface area contributed by atoms with Crippen molar-refractivity contribution in [1.29, 1.82) is 0 Å². The molecule has 0 aliphatic carbocycles. The molecule has 0 aliphatic heterocycles. The number of benzene rings is 2. The zero-order valence-corrected chi connectivity index (χ0v) is 15.3. The molecule has 0 aromatic heterocycles. The lowest BCUT2D eigenvalue weighted by atomic mass is 10.3. The van der Waals surface area contributed by atoms with Crippen molar-refractivity contribution in [2.45, 2.75) is 11.8 Å². The summed E-state index contributed by atoms with van der Waals surface area (Å²) in [5, 5.41) is 2.60. The molecule has 0 spiro atoms. The topological polar surface area (TPSA) is 93.7 Å². The van der Waals surface area contributed by atoms with Gasteiger partial charge in [0.15, 0.2) is 18.1 Å². The van der Waals surface area contributed by atoms with E-state index in [-0.39, 0.29) is 30.5 Å². The van der Waals surface area contributed by atoms with Crippen molar-refractivity contribution in [2.24, 2.45) is 0 Å². The van der Waals surface area contributed by atoms with Gasteiger partial charge in [-0.3, -0.25) is 4.79 Å². The molecule has 2 N–H and O–H groups in total. The molecule has 0 saturated heterocycles. The minimum absolute atomic E-state index is 0.0818. The summed E-state index contributed by atoms with van der Waals surface area (Å²) < 4.78 is 37.3. The summed E-state index contributed by atoms with van der Waals surface area (Å²) in [7, 11) is -3.57. The van der Waals surface area contributed by atoms with Crippen LogP contribution in [0.1, 0.15) is 6.92 Å². The molecule has 1 amide bonds. The fraction of sp³-hybridized carbons (Fsp3) is 0.278. The molecular weight excluding hydrogens is 356 g/mol. The highest BCUT2D eigenvalue weighted by molar-refractivity contribution is 7.89. The third-order valence-corrected chi connectivity index (χ3v) is 4.78. The van der Waals surface area contributed by atoms with Gasteiger partial charge >= 0.3 is 0 Å². The number of ether oxygens (including phenoxy) is 2. The molecule has 7 nitrogen and oxygen atoms in total. The second-order valence-corrected chi connectivity index (χ2v) is 7.00. The molecule has 0 saturated carbocycles. The van der Waals surface area contributed by atoms with Crippen molar-refractivity contribution >= 4 is 15.9 Å².